The Labute approximate surface area is 133 Å². The van der Waals surface area contributed by atoms with Gasteiger partial charge in [-0.2, -0.15) is 0 Å². The maximum Gasteiger partial charge on any atom is 0.0656 e. The highest BCUT2D eigenvalue weighted by molar-refractivity contribution is 5.02. The van der Waals surface area contributed by atoms with E-state index in [2.05, 4.69) is 46.9 Å². The molecule has 0 amide bonds. The second-order valence-corrected chi connectivity index (χ2v) is 8.38. The lowest BCUT2D eigenvalue weighted by Crippen LogP contribution is -2.61. The van der Waals surface area contributed by atoms with Crippen LogP contribution in [0.3, 0.4) is 0 Å². The van der Waals surface area contributed by atoms with Crippen molar-refractivity contribution in [3.05, 3.63) is 0 Å². The molecule has 2 atom stereocenters. The van der Waals surface area contributed by atoms with Crippen LogP contribution in [0.25, 0.3) is 0 Å². The van der Waals surface area contributed by atoms with Crippen molar-refractivity contribution in [3.8, 4) is 0 Å². The van der Waals surface area contributed by atoms with Crippen molar-refractivity contribution >= 4 is 0 Å². The number of ether oxygens (including phenoxy) is 1. The van der Waals surface area contributed by atoms with Gasteiger partial charge in [-0.25, -0.2) is 0 Å². The summed E-state index contributed by atoms with van der Waals surface area (Å²) in [4.78, 5) is 0. The van der Waals surface area contributed by atoms with Crippen molar-refractivity contribution in [2.24, 2.45) is 17.3 Å². The molecular formula is C19H39NO. The van der Waals surface area contributed by atoms with Gasteiger partial charge >= 0.3 is 0 Å². The Balaban J connectivity index is 2.04. The second-order valence-electron chi connectivity index (χ2n) is 8.38. The molecule has 2 heteroatoms. The molecule has 0 aromatic heterocycles. The smallest absolute Gasteiger partial charge is 0.0656 e. The first kappa shape index (κ1) is 19.0. The van der Waals surface area contributed by atoms with Gasteiger partial charge in [-0.3, -0.25) is 0 Å². The van der Waals surface area contributed by atoms with Crippen molar-refractivity contribution in [2.75, 3.05) is 13.2 Å². The molecule has 1 rings (SSSR count). The Bertz CT molecular complexity index is 273. The lowest BCUT2D eigenvalue weighted by Gasteiger charge is -2.52. The lowest BCUT2D eigenvalue weighted by molar-refractivity contribution is -0.123. The van der Waals surface area contributed by atoms with E-state index >= 15 is 0 Å². The third kappa shape index (κ3) is 6.69. The first-order valence-electron chi connectivity index (χ1n) is 9.19. The maximum absolute atomic E-state index is 6.03. The normalized spacial score (nSPS) is 24.6. The molecule has 1 N–H and O–H groups in total. The fourth-order valence-corrected chi connectivity index (χ4v) is 3.13. The van der Waals surface area contributed by atoms with Crippen LogP contribution in [0.5, 0.6) is 0 Å². The predicted octanol–water partition coefficient (Wildman–Crippen LogP) is 5.02. The summed E-state index contributed by atoms with van der Waals surface area (Å²) in [6.45, 7) is 15.9. The molecule has 126 valence electrons. The summed E-state index contributed by atoms with van der Waals surface area (Å²) in [5.41, 5.74) is 0.298. The first-order chi connectivity index (χ1) is 9.84. The van der Waals surface area contributed by atoms with E-state index < -0.39 is 0 Å². The molecule has 1 fully saturated rings. The number of hydrogen-bond acceptors (Lipinski definition) is 2. The van der Waals surface area contributed by atoms with Crippen LogP contribution in [0.4, 0.5) is 0 Å². The largest absolute Gasteiger partial charge is 0.377 e. The highest BCUT2D eigenvalue weighted by Gasteiger charge is 2.48. The van der Waals surface area contributed by atoms with Crippen LogP contribution in [0.15, 0.2) is 0 Å². The summed E-state index contributed by atoms with van der Waals surface area (Å²) in [5, 5.41) is 3.75. The Morgan fingerprint density at radius 2 is 1.67 bits per heavy atom. The van der Waals surface area contributed by atoms with E-state index in [0.717, 1.165) is 12.5 Å². The monoisotopic (exact) mass is 297 g/mol. The molecule has 21 heavy (non-hydrogen) atoms. The molecule has 0 radical (unpaired) electrons. The molecule has 1 aliphatic carbocycles. The SMILES string of the molecule is CC(C)CCCCCCNC1CC(OCC(C)C)C1(C)C. The van der Waals surface area contributed by atoms with E-state index in [1.807, 2.05) is 0 Å². The Hall–Kier alpha value is -0.0800. The van der Waals surface area contributed by atoms with Crippen molar-refractivity contribution < 1.29 is 4.74 Å². The van der Waals surface area contributed by atoms with Crippen molar-refractivity contribution in [1.29, 1.82) is 0 Å². The van der Waals surface area contributed by atoms with Gasteiger partial charge in [0.2, 0.25) is 0 Å². The standard InChI is InChI=1S/C19H39NO/c1-15(2)11-9-7-8-10-12-20-17-13-18(19(17,5)6)21-14-16(3)4/h15-18,20H,7-14H2,1-6H3. The van der Waals surface area contributed by atoms with Crippen LogP contribution in [-0.2, 0) is 4.74 Å². The van der Waals surface area contributed by atoms with Gasteiger partial charge in [0.15, 0.2) is 0 Å². The number of nitrogens with one attached hydrogen (secondary N) is 1. The predicted molar refractivity (Wildman–Crippen MR) is 92.7 cm³/mol. The molecule has 0 aromatic carbocycles. The summed E-state index contributed by atoms with van der Waals surface area (Å²) in [5.74, 6) is 1.50. The Morgan fingerprint density at radius 1 is 1.00 bits per heavy atom. The summed E-state index contributed by atoms with van der Waals surface area (Å²) in [6.07, 6.45) is 8.52. The van der Waals surface area contributed by atoms with Gasteiger partial charge in [-0.05, 0) is 31.2 Å². The van der Waals surface area contributed by atoms with Gasteiger partial charge in [-0.1, -0.05) is 67.2 Å². The van der Waals surface area contributed by atoms with Crippen molar-refractivity contribution in [2.45, 2.75) is 92.2 Å². The third-order valence-corrected chi connectivity index (χ3v) is 4.91. The minimum atomic E-state index is 0.298. The van der Waals surface area contributed by atoms with Crippen molar-refractivity contribution in [3.63, 3.8) is 0 Å². The highest BCUT2D eigenvalue weighted by atomic mass is 16.5. The van der Waals surface area contributed by atoms with Crippen LogP contribution in [0, 0.1) is 17.3 Å². The second kappa shape index (κ2) is 9.15. The van der Waals surface area contributed by atoms with Gasteiger partial charge in [0.1, 0.15) is 0 Å². The van der Waals surface area contributed by atoms with Crippen molar-refractivity contribution in [1.82, 2.24) is 5.32 Å². The number of unbranched alkanes of at least 4 members (excludes halogenated alkanes) is 3. The quantitative estimate of drug-likeness (QED) is 0.540. The Kier molecular flexibility index (Phi) is 8.26. The van der Waals surface area contributed by atoms with Gasteiger partial charge in [-0.15, -0.1) is 0 Å². The minimum absolute atomic E-state index is 0.298. The fraction of sp³-hybridized carbons (Fsp3) is 1.00. The Morgan fingerprint density at radius 3 is 2.24 bits per heavy atom. The van der Waals surface area contributed by atoms with E-state index in [1.54, 1.807) is 0 Å². The summed E-state index contributed by atoms with van der Waals surface area (Å²) < 4.78 is 6.03. The van der Waals surface area contributed by atoms with E-state index in [9.17, 15) is 0 Å². The average molecular weight is 298 g/mol. The number of hydrogen-bond donors (Lipinski definition) is 1. The van der Waals surface area contributed by atoms with E-state index in [1.165, 1.54) is 45.1 Å². The molecule has 2 unspecified atom stereocenters. The molecule has 1 aliphatic rings. The molecular weight excluding hydrogens is 258 g/mol. The van der Waals surface area contributed by atoms with Crippen LogP contribution >= 0.6 is 0 Å². The summed E-state index contributed by atoms with van der Waals surface area (Å²) in [7, 11) is 0. The third-order valence-electron chi connectivity index (χ3n) is 4.91. The van der Waals surface area contributed by atoms with Gasteiger partial charge < -0.3 is 10.1 Å². The number of rotatable bonds is 11. The summed E-state index contributed by atoms with van der Waals surface area (Å²) >= 11 is 0. The lowest BCUT2D eigenvalue weighted by atomic mass is 9.64. The zero-order valence-corrected chi connectivity index (χ0v) is 15.4. The molecule has 0 bridgehead atoms. The van der Waals surface area contributed by atoms with Crippen LogP contribution in [0.1, 0.15) is 80.1 Å². The summed E-state index contributed by atoms with van der Waals surface area (Å²) in [6, 6.07) is 0.644. The van der Waals surface area contributed by atoms with Crippen LogP contribution in [0.2, 0.25) is 0 Å². The molecule has 1 saturated carbocycles. The maximum atomic E-state index is 6.03. The van der Waals surface area contributed by atoms with Gasteiger partial charge in [0, 0.05) is 18.1 Å². The molecule has 2 nitrogen and oxygen atoms in total. The zero-order valence-electron chi connectivity index (χ0n) is 15.4. The average Bonchev–Trinajstić information content (AvgIpc) is 2.38. The fourth-order valence-electron chi connectivity index (χ4n) is 3.13. The highest BCUT2D eigenvalue weighted by Crippen LogP contribution is 2.42. The van der Waals surface area contributed by atoms with Crippen LogP contribution in [-0.4, -0.2) is 25.3 Å². The molecule has 0 spiro atoms. The molecule has 0 aromatic rings. The van der Waals surface area contributed by atoms with Crippen LogP contribution < -0.4 is 5.32 Å². The van der Waals surface area contributed by atoms with Gasteiger partial charge in [0.25, 0.3) is 0 Å². The zero-order chi connectivity index (χ0) is 15.9. The first-order valence-corrected chi connectivity index (χ1v) is 9.19. The van der Waals surface area contributed by atoms with Gasteiger partial charge in [0.05, 0.1) is 6.10 Å². The molecule has 0 saturated heterocycles. The molecule has 0 aliphatic heterocycles. The van der Waals surface area contributed by atoms with E-state index in [0.29, 0.717) is 23.5 Å². The topological polar surface area (TPSA) is 21.3 Å². The van der Waals surface area contributed by atoms with E-state index in [-0.39, 0.29) is 0 Å². The van der Waals surface area contributed by atoms with E-state index in [4.69, 9.17) is 4.74 Å². The minimum Gasteiger partial charge on any atom is -0.377 e. The molecule has 0 heterocycles.